The van der Waals surface area contributed by atoms with Gasteiger partial charge in [0.2, 0.25) is 0 Å². The highest BCUT2D eigenvalue weighted by Gasteiger charge is 2.08. The normalized spacial score (nSPS) is 12.3. The zero-order valence-electron chi connectivity index (χ0n) is 10.3. The SMILES string of the molecule is CCC(N)CNC(=O)c1ccc2nccnc2c1. The summed E-state index contributed by atoms with van der Waals surface area (Å²) in [5.41, 5.74) is 7.82. The van der Waals surface area contributed by atoms with Gasteiger partial charge < -0.3 is 11.1 Å². The van der Waals surface area contributed by atoms with Gasteiger partial charge in [0, 0.05) is 30.5 Å². The smallest absolute Gasteiger partial charge is 0.251 e. The van der Waals surface area contributed by atoms with E-state index in [1.54, 1.807) is 30.6 Å². The molecule has 0 radical (unpaired) electrons. The van der Waals surface area contributed by atoms with E-state index in [0.29, 0.717) is 17.6 Å². The number of hydrogen-bond donors (Lipinski definition) is 2. The molecule has 5 nitrogen and oxygen atoms in total. The summed E-state index contributed by atoms with van der Waals surface area (Å²) < 4.78 is 0. The first-order valence-electron chi connectivity index (χ1n) is 5.95. The molecule has 5 heteroatoms. The van der Waals surface area contributed by atoms with Gasteiger partial charge in [0.15, 0.2) is 0 Å². The first-order chi connectivity index (χ1) is 8.70. The molecule has 1 atom stereocenters. The van der Waals surface area contributed by atoms with Crippen LogP contribution in [0.25, 0.3) is 11.0 Å². The summed E-state index contributed by atoms with van der Waals surface area (Å²) in [6.45, 7) is 2.47. The molecule has 0 saturated heterocycles. The van der Waals surface area contributed by atoms with Crippen molar-refractivity contribution >= 4 is 16.9 Å². The molecular formula is C13H16N4O. The highest BCUT2D eigenvalue weighted by molar-refractivity contribution is 5.97. The molecule has 18 heavy (non-hydrogen) atoms. The Morgan fingerprint density at radius 2 is 2.06 bits per heavy atom. The maximum atomic E-state index is 11.9. The summed E-state index contributed by atoms with van der Waals surface area (Å²) in [6.07, 6.45) is 4.07. The van der Waals surface area contributed by atoms with Crippen LogP contribution in [0, 0.1) is 0 Å². The molecule has 1 unspecified atom stereocenters. The molecule has 94 valence electrons. The number of aromatic nitrogens is 2. The monoisotopic (exact) mass is 244 g/mol. The van der Waals surface area contributed by atoms with Crippen molar-refractivity contribution in [2.75, 3.05) is 6.54 Å². The van der Waals surface area contributed by atoms with E-state index in [4.69, 9.17) is 5.73 Å². The van der Waals surface area contributed by atoms with E-state index in [9.17, 15) is 4.79 Å². The fourth-order valence-electron chi connectivity index (χ4n) is 1.57. The fraction of sp³-hybridized carbons (Fsp3) is 0.308. The summed E-state index contributed by atoms with van der Waals surface area (Å²) in [5, 5.41) is 2.80. The van der Waals surface area contributed by atoms with Crippen molar-refractivity contribution in [2.24, 2.45) is 5.73 Å². The maximum absolute atomic E-state index is 11.9. The molecule has 0 fully saturated rings. The minimum Gasteiger partial charge on any atom is -0.350 e. The van der Waals surface area contributed by atoms with Crippen LogP contribution in [0.4, 0.5) is 0 Å². The van der Waals surface area contributed by atoms with Gasteiger partial charge in [-0.05, 0) is 24.6 Å². The van der Waals surface area contributed by atoms with Gasteiger partial charge in [-0.1, -0.05) is 6.92 Å². The number of carbonyl (C=O) groups is 1. The van der Waals surface area contributed by atoms with Crippen LogP contribution in [0.5, 0.6) is 0 Å². The average molecular weight is 244 g/mol. The van der Waals surface area contributed by atoms with E-state index in [1.165, 1.54) is 0 Å². The minimum atomic E-state index is -0.133. The second-order valence-corrected chi connectivity index (χ2v) is 4.14. The van der Waals surface area contributed by atoms with E-state index >= 15 is 0 Å². The number of nitrogens with one attached hydrogen (secondary N) is 1. The standard InChI is InChI=1S/C13H16N4O/c1-2-10(14)8-17-13(18)9-3-4-11-12(7-9)16-6-5-15-11/h3-7,10H,2,8,14H2,1H3,(H,17,18). The third-order valence-corrected chi connectivity index (χ3v) is 2.78. The lowest BCUT2D eigenvalue weighted by Crippen LogP contribution is -2.36. The quantitative estimate of drug-likeness (QED) is 0.843. The van der Waals surface area contributed by atoms with Crippen molar-refractivity contribution in [3.8, 4) is 0 Å². The van der Waals surface area contributed by atoms with Crippen LogP contribution in [0.15, 0.2) is 30.6 Å². The van der Waals surface area contributed by atoms with E-state index in [0.717, 1.165) is 11.9 Å². The van der Waals surface area contributed by atoms with Crippen LogP contribution in [0.1, 0.15) is 23.7 Å². The predicted molar refractivity (Wildman–Crippen MR) is 70.1 cm³/mol. The zero-order valence-corrected chi connectivity index (χ0v) is 10.3. The molecular weight excluding hydrogens is 228 g/mol. The highest BCUT2D eigenvalue weighted by Crippen LogP contribution is 2.10. The Kier molecular flexibility index (Phi) is 3.84. The van der Waals surface area contributed by atoms with Crippen LogP contribution in [-0.4, -0.2) is 28.5 Å². The van der Waals surface area contributed by atoms with Crippen LogP contribution in [-0.2, 0) is 0 Å². The van der Waals surface area contributed by atoms with Gasteiger partial charge in [-0.15, -0.1) is 0 Å². The lowest BCUT2D eigenvalue weighted by atomic mass is 10.1. The van der Waals surface area contributed by atoms with Crippen molar-refractivity contribution < 1.29 is 4.79 Å². The van der Waals surface area contributed by atoms with Crippen molar-refractivity contribution in [3.63, 3.8) is 0 Å². The molecule has 1 heterocycles. The molecule has 0 bridgehead atoms. The second kappa shape index (κ2) is 5.55. The first kappa shape index (κ1) is 12.4. The van der Waals surface area contributed by atoms with Crippen LogP contribution >= 0.6 is 0 Å². The van der Waals surface area contributed by atoms with Gasteiger partial charge in [0.05, 0.1) is 11.0 Å². The Labute approximate surface area is 105 Å². The summed E-state index contributed by atoms with van der Waals surface area (Å²) >= 11 is 0. The molecule has 2 aromatic rings. The Balaban J connectivity index is 2.13. The highest BCUT2D eigenvalue weighted by atomic mass is 16.1. The van der Waals surface area contributed by atoms with Gasteiger partial charge in [0.25, 0.3) is 5.91 Å². The lowest BCUT2D eigenvalue weighted by Gasteiger charge is -2.10. The fourth-order valence-corrected chi connectivity index (χ4v) is 1.57. The largest absolute Gasteiger partial charge is 0.350 e. The number of nitrogens with two attached hydrogens (primary N) is 1. The van der Waals surface area contributed by atoms with Crippen molar-refractivity contribution in [1.82, 2.24) is 15.3 Å². The van der Waals surface area contributed by atoms with E-state index in [1.807, 2.05) is 6.92 Å². The van der Waals surface area contributed by atoms with Crippen LogP contribution < -0.4 is 11.1 Å². The summed E-state index contributed by atoms with van der Waals surface area (Å²) in [5.74, 6) is -0.133. The Morgan fingerprint density at radius 1 is 1.33 bits per heavy atom. The topological polar surface area (TPSA) is 80.9 Å². The number of nitrogens with zero attached hydrogens (tertiary/aromatic N) is 2. The third kappa shape index (κ3) is 2.81. The molecule has 0 aliphatic heterocycles. The van der Waals surface area contributed by atoms with Gasteiger partial charge in [0.1, 0.15) is 0 Å². The molecule has 0 aliphatic carbocycles. The summed E-state index contributed by atoms with van der Waals surface area (Å²) in [6, 6.07) is 5.25. The maximum Gasteiger partial charge on any atom is 0.251 e. The van der Waals surface area contributed by atoms with E-state index in [2.05, 4.69) is 15.3 Å². The lowest BCUT2D eigenvalue weighted by molar-refractivity contribution is 0.0951. The van der Waals surface area contributed by atoms with Crippen molar-refractivity contribution in [2.45, 2.75) is 19.4 Å². The molecule has 0 spiro atoms. The van der Waals surface area contributed by atoms with Crippen molar-refractivity contribution in [1.29, 1.82) is 0 Å². The number of rotatable bonds is 4. The molecule has 0 saturated carbocycles. The Hall–Kier alpha value is -2.01. The van der Waals surface area contributed by atoms with Gasteiger partial charge in [-0.25, -0.2) is 0 Å². The number of amides is 1. The second-order valence-electron chi connectivity index (χ2n) is 4.14. The molecule has 1 aromatic heterocycles. The van der Waals surface area contributed by atoms with Gasteiger partial charge in [-0.3, -0.25) is 14.8 Å². The van der Waals surface area contributed by atoms with Crippen molar-refractivity contribution in [3.05, 3.63) is 36.2 Å². The van der Waals surface area contributed by atoms with Gasteiger partial charge in [-0.2, -0.15) is 0 Å². The van der Waals surface area contributed by atoms with Gasteiger partial charge >= 0.3 is 0 Å². The molecule has 3 N–H and O–H groups in total. The summed E-state index contributed by atoms with van der Waals surface area (Å²) in [4.78, 5) is 20.2. The van der Waals surface area contributed by atoms with Crippen LogP contribution in [0.3, 0.4) is 0 Å². The molecule has 2 rings (SSSR count). The van der Waals surface area contributed by atoms with E-state index in [-0.39, 0.29) is 11.9 Å². The number of hydrogen-bond acceptors (Lipinski definition) is 4. The Morgan fingerprint density at radius 3 is 2.78 bits per heavy atom. The molecule has 1 amide bonds. The summed E-state index contributed by atoms with van der Waals surface area (Å²) in [7, 11) is 0. The minimum absolute atomic E-state index is 0.00537. The number of carbonyl (C=O) groups excluding carboxylic acids is 1. The van der Waals surface area contributed by atoms with E-state index < -0.39 is 0 Å². The predicted octanol–water partition coefficient (Wildman–Crippen LogP) is 1.10. The van der Waals surface area contributed by atoms with Crippen LogP contribution in [0.2, 0.25) is 0 Å². The molecule has 1 aromatic carbocycles. The zero-order chi connectivity index (χ0) is 13.0. The average Bonchev–Trinajstić information content (AvgIpc) is 2.43. The molecule has 0 aliphatic rings. The third-order valence-electron chi connectivity index (χ3n) is 2.78. The first-order valence-corrected chi connectivity index (χ1v) is 5.95. The number of benzene rings is 1. The Bertz CT molecular complexity index is 555. The number of fused-ring (bicyclic) bond motifs is 1.